The zero-order valence-electron chi connectivity index (χ0n) is 8.32. The van der Waals surface area contributed by atoms with Gasteiger partial charge in [-0.1, -0.05) is 6.07 Å². The third kappa shape index (κ3) is 1.89. The van der Waals surface area contributed by atoms with Gasteiger partial charge in [-0.25, -0.2) is 0 Å². The van der Waals surface area contributed by atoms with E-state index in [2.05, 4.69) is 4.98 Å². The molecule has 0 amide bonds. The van der Waals surface area contributed by atoms with Gasteiger partial charge in [0.2, 0.25) is 0 Å². The third-order valence-corrected chi connectivity index (χ3v) is 3.04. The summed E-state index contributed by atoms with van der Waals surface area (Å²) < 4.78 is 0. The summed E-state index contributed by atoms with van der Waals surface area (Å²) in [5.41, 5.74) is 7.87. The summed E-state index contributed by atoms with van der Waals surface area (Å²) in [4.78, 5) is 5.56. The van der Waals surface area contributed by atoms with Gasteiger partial charge in [0, 0.05) is 11.3 Å². The molecule has 2 heterocycles. The maximum absolute atomic E-state index is 7.36. The molecule has 0 spiro atoms. The van der Waals surface area contributed by atoms with Crippen molar-refractivity contribution in [1.82, 2.24) is 4.98 Å². The van der Waals surface area contributed by atoms with Gasteiger partial charge < -0.3 is 5.73 Å². The molecular formula is C11H11N3S. The largest absolute Gasteiger partial charge is 0.384 e. The number of rotatable bonds is 2. The Kier molecular flexibility index (Phi) is 2.51. The smallest absolute Gasteiger partial charge is 0.124 e. The van der Waals surface area contributed by atoms with Crippen LogP contribution < -0.4 is 5.73 Å². The van der Waals surface area contributed by atoms with Crippen molar-refractivity contribution < 1.29 is 0 Å². The van der Waals surface area contributed by atoms with Gasteiger partial charge in [-0.05, 0) is 30.5 Å². The second-order valence-electron chi connectivity index (χ2n) is 3.22. The molecule has 0 saturated carbocycles. The Hall–Kier alpha value is -1.68. The highest BCUT2D eigenvalue weighted by Gasteiger charge is 2.06. The monoisotopic (exact) mass is 217 g/mol. The maximum Gasteiger partial charge on any atom is 0.124 e. The summed E-state index contributed by atoms with van der Waals surface area (Å²) in [6.07, 6.45) is 0. The minimum absolute atomic E-state index is 0.0673. The van der Waals surface area contributed by atoms with E-state index in [0.29, 0.717) is 5.56 Å². The zero-order valence-corrected chi connectivity index (χ0v) is 9.14. The Morgan fingerprint density at radius 1 is 1.40 bits per heavy atom. The lowest BCUT2D eigenvalue weighted by Crippen LogP contribution is -2.13. The van der Waals surface area contributed by atoms with Crippen LogP contribution >= 0.6 is 11.3 Å². The number of nitrogen functional groups attached to an aromatic ring is 1. The normalized spacial score (nSPS) is 10.2. The van der Waals surface area contributed by atoms with Crippen molar-refractivity contribution >= 4 is 17.2 Å². The van der Waals surface area contributed by atoms with Crippen molar-refractivity contribution in [3.63, 3.8) is 0 Å². The van der Waals surface area contributed by atoms with Crippen LogP contribution in [0.4, 0.5) is 0 Å². The molecule has 0 atom stereocenters. The van der Waals surface area contributed by atoms with Crippen LogP contribution in [0.5, 0.6) is 0 Å². The fourth-order valence-corrected chi connectivity index (χ4v) is 2.10. The van der Waals surface area contributed by atoms with Crippen LogP contribution in [0.3, 0.4) is 0 Å². The van der Waals surface area contributed by atoms with Crippen LogP contribution in [0.1, 0.15) is 11.3 Å². The minimum atomic E-state index is 0.0673. The van der Waals surface area contributed by atoms with E-state index in [0.717, 1.165) is 16.3 Å². The molecule has 0 aliphatic carbocycles. The molecule has 0 aliphatic heterocycles. The molecule has 0 saturated heterocycles. The van der Waals surface area contributed by atoms with E-state index < -0.39 is 0 Å². The molecule has 0 bridgehead atoms. The van der Waals surface area contributed by atoms with E-state index in [9.17, 15) is 0 Å². The average Bonchev–Trinajstić information content (AvgIpc) is 2.69. The van der Waals surface area contributed by atoms with E-state index in [1.165, 1.54) is 0 Å². The first-order valence-corrected chi connectivity index (χ1v) is 5.42. The topological polar surface area (TPSA) is 62.8 Å². The summed E-state index contributed by atoms with van der Waals surface area (Å²) in [6, 6.07) is 7.77. The summed E-state index contributed by atoms with van der Waals surface area (Å²) in [7, 11) is 0. The third-order valence-electron chi connectivity index (χ3n) is 2.15. The van der Waals surface area contributed by atoms with E-state index in [4.69, 9.17) is 11.1 Å². The molecular weight excluding hydrogens is 206 g/mol. The van der Waals surface area contributed by atoms with Crippen LogP contribution in [0.15, 0.2) is 29.6 Å². The predicted molar refractivity (Wildman–Crippen MR) is 63.3 cm³/mol. The number of nitrogens with zero attached hydrogens (tertiary/aromatic N) is 1. The molecule has 0 fully saturated rings. The number of thiophene rings is 1. The fraction of sp³-hybridized carbons (Fsp3) is 0.0909. The summed E-state index contributed by atoms with van der Waals surface area (Å²) in [5, 5.41) is 9.38. The number of aryl methyl sites for hydroxylation is 1. The van der Waals surface area contributed by atoms with Crippen molar-refractivity contribution in [3.8, 4) is 10.6 Å². The Morgan fingerprint density at radius 3 is 2.73 bits per heavy atom. The van der Waals surface area contributed by atoms with Crippen LogP contribution in [-0.2, 0) is 0 Å². The highest BCUT2D eigenvalue weighted by atomic mass is 32.1. The number of nitrogens with two attached hydrogens (primary N) is 1. The first-order valence-electron chi connectivity index (χ1n) is 4.54. The molecule has 2 aromatic heterocycles. The Balaban J connectivity index is 2.47. The molecule has 2 aromatic rings. The van der Waals surface area contributed by atoms with Crippen LogP contribution in [-0.4, -0.2) is 10.8 Å². The zero-order chi connectivity index (χ0) is 10.8. The Morgan fingerprint density at radius 2 is 2.20 bits per heavy atom. The van der Waals surface area contributed by atoms with Gasteiger partial charge in [0.15, 0.2) is 0 Å². The first-order chi connectivity index (χ1) is 7.18. The Bertz CT molecular complexity index is 489. The molecule has 2 rings (SSSR count). The van der Waals surface area contributed by atoms with Crippen LogP contribution in [0, 0.1) is 12.3 Å². The Labute approximate surface area is 92.1 Å². The summed E-state index contributed by atoms with van der Waals surface area (Å²) >= 11 is 1.65. The quantitative estimate of drug-likeness (QED) is 0.599. The first kappa shape index (κ1) is 9.86. The minimum Gasteiger partial charge on any atom is -0.384 e. The fourth-order valence-electron chi connectivity index (χ4n) is 1.41. The second-order valence-corrected chi connectivity index (χ2v) is 4.17. The van der Waals surface area contributed by atoms with Gasteiger partial charge in [-0.3, -0.25) is 10.4 Å². The molecule has 0 radical (unpaired) electrons. The number of pyridine rings is 1. The van der Waals surface area contributed by atoms with E-state index >= 15 is 0 Å². The van der Waals surface area contributed by atoms with Crippen LogP contribution in [0.25, 0.3) is 10.6 Å². The van der Waals surface area contributed by atoms with Gasteiger partial charge in [0.05, 0.1) is 10.6 Å². The molecule has 0 aromatic carbocycles. The molecule has 3 N–H and O–H groups in total. The number of nitrogens with one attached hydrogen (secondary N) is 1. The summed E-state index contributed by atoms with van der Waals surface area (Å²) in [6.45, 7) is 1.87. The van der Waals surface area contributed by atoms with E-state index in [1.807, 2.05) is 36.6 Å². The molecule has 15 heavy (non-hydrogen) atoms. The number of hydrogen-bond acceptors (Lipinski definition) is 3. The SMILES string of the molecule is Cc1nc(-c2cccs2)ccc1C(=N)N. The van der Waals surface area contributed by atoms with Gasteiger partial charge in [-0.15, -0.1) is 11.3 Å². The van der Waals surface area contributed by atoms with Gasteiger partial charge in [0.25, 0.3) is 0 Å². The predicted octanol–water partition coefficient (Wildman–Crippen LogP) is 2.40. The lowest BCUT2D eigenvalue weighted by atomic mass is 10.1. The molecule has 76 valence electrons. The van der Waals surface area contributed by atoms with E-state index in [-0.39, 0.29) is 5.84 Å². The molecule has 3 nitrogen and oxygen atoms in total. The van der Waals surface area contributed by atoms with Crippen LogP contribution in [0.2, 0.25) is 0 Å². The highest BCUT2D eigenvalue weighted by Crippen LogP contribution is 2.23. The van der Waals surface area contributed by atoms with Crippen molar-refractivity contribution in [3.05, 3.63) is 40.9 Å². The molecule has 0 aliphatic rings. The van der Waals surface area contributed by atoms with Crippen molar-refractivity contribution in [2.24, 2.45) is 5.73 Å². The van der Waals surface area contributed by atoms with Gasteiger partial charge >= 0.3 is 0 Å². The molecule has 0 unspecified atom stereocenters. The maximum atomic E-state index is 7.36. The van der Waals surface area contributed by atoms with Crippen molar-refractivity contribution in [1.29, 1.82) is 5.41 Å². The molecule has 4 heteroatoms. The van der Waals surface area contributed by atoms with E-state index in [1.54, 1.807) is 11.3 Å². The van der Waals surface area contributed by atoms with Gasteiger partial charge in [-0.2, -0.15) is 0 Å². The lowest BCUT2D eigenvalue weighted by Gasteiger charge is -2.04. The average molecular weight is 217 g/mol. The van der Waals surface area contributed by atoms with Crippen molar-refractivity contribution in [2.75, 3.05) is 0 Å². The van der Waals surface area contributed by atoms with Crippen molar-refractivity contribution in [2.45, 2.75) is 6.92 Å². The summed E-state index contributed by atoms with van der Waals surface area (Å²) in [5.74, 6) is 0.0673. The number of amidine groups is 1. The highest BCUT2D eigenvalue weighted by molar-refractivity contribution is 7.13. The number of aromatic nitrogens is 1. The lowest BCUT2D eigenvalue weighted by molar-refractivity contribution is 1.19. The number of hydrogen-bond donors (Lipinski definition) is 2. The van der Waals surface area contributed by atoms with Gasteiger partial charge in [0.1, 0.15) is 5.84 Å². The second kappa shape index (κ2) is 3.82. The standard InChI is InChI=1S/C11H11N3S/c1-7-8(11(12)13)4-5-9(14-7)10-3-2-6-15-10/h2-6H,1H3,(H3,12,13).